The van der Waals surface area contributed by atoms with E-state index in [4.69, 9.17) is 9.37 Å². The topological polar surface area (TPSA) is 159 Å². The second-order valence-corrected chi connectivity index (χ2v) is 13.5. The van der Waals surface area contributed by atoms with Gasteiger partial charge in [-0.3, -0.25) is 19.2 Å². The predicted molar refractivity (Wildman–Crippen MR) is 174 cm³/mol. The molecule has 0 radical (unpaired) electrons. The van der Waals surface area contributed by atoms with Crippen LogP contribution in [0.1, 0.15) is 87.0 Å². The van der Waals surface area contributed by atoms with Crippen molar-refractivity contribution in [1.82, 2.24) is 30.7 Å². The van der Waals surface area contributed by atoms with Crippen LogP contribution in [-0.4, -0.2) is 102 Å². The highest BCUT2D eigenvalue weighted by Gasteiger charge is 2.37. The van der Waals surface area contributed by atoms with Crippen LogP contribution in [0.25, 0.3) is 0 Å². The maximum atomic E-state index is 15.7. The predicted octanol–water partition coefficient (Wildman–Crippen LogP) is 2.88. The van der Waals surface area contributed by atoms with E-state index in [0.29, 0.717) is 62.8 Å². The van der Waals surface area contributed by atoms with Crippen molar-refractivity contribution < 1.29 is 32.9 Å². The second-order valence-electron chi connectivity index (χ2n) is 13.5. The number of benzene rings is 1. The number of anilines is 1. The van der Waals surface area contributed by atoms with Crippen molar-refractivity contribution in [3.05, 3.63) is 41.0 Å². The Kier molecular flexibility index (Phi) is 11.8. The molecule has 3 N–H and O–H groups in total. The quantitative estimate of drug-likeness (QED) is 0.327. The lowest BCUT2D eigenvalue weighted by molar-refractivity contribution is -0.140. The summed E-state index contributed by atoms with van der Waals surface area (Å²) in [4.78, 5) is 57.6. The number of nitrogens with one attached hydrogen (secondary N) is 3. The van der Waals surface area contributed by atoms with Gasteiger partial charge in [0.15, 0.2) is 5.69 Å². The van der Waals surface area contributed by atoms with Crippen molar-refractivity contribution in [2.24, 2.45) is 11.8 Å². The number of piperazine rings is 1. The molecule has 2 aromatic rings. The summed E-state index contributed by atoms with van der Waals surface area (Å²) in [6.45, 7) is 8.73. The third-order valence-corrected chi connectivity index (χ3v) is 10.1. The van der Waals surface area contributed by atoms with E-state index >= 15 is 4.39 Å². The van der Waals surface area contributed by atoms with Crippen molar-refractivity contribution in [1.29, 1.82) is 0 Å². The third-order valence-electron chi connectivity index (χ3n) is 10.1. The van der Waals surface area contributed by atoms with Gasteiger partial charge in [0, 0.05) is 38.7 Å². The van der Waals surface area contributed by atoms with Crippen molar-refractivity contribution in [3.63, 3.8) is 0 Å². The molecule has 0 unspecified atom stereocenters. The zero-order chi connectivity index (χ0) is 34.4. The molecule has 1 aromatic heterocycles. The molecule has 2 saturated heterocycles. The average Bonchev–Trinajstić information content (AvgIpc) is 3.80. The number of carbonyl (C=O) groups is 4. The van der Waals surface area contributed by atoms with E-state index in [1.165, 1.54) is 12.1 Å². The lowest BCUT2D eigenvalue weighted by Crippen LogP contribution is -2.56. The molecular formula is C34H48FN7O6. The lowest BCUT2D eigenvalue weighted by atomic mass is 9.79. The van der Waals surface area contributed by atoms with E-state index in [9.17, 15) is 19.2 Å². The maximum absolute atomic E-state index is 15.7. The smallest absolute Gasteiger partial charge is 0.276 e. The van der Waals surface area contributed by atoms with E-state index in [1.807, 2.05) is 14.0 Å². The van der Waals surface area contributed by atoms with Crippen LogP contribution < -0.4 is 16.0 Å². The van der Waals surface area contributed by atoms with Crippen molar-refractivity contribution in [2.75, 3.05) is 45.2 Å². The molecule has 1 aromatic carbocycles. The Morgan fingerprint density at radius 1 is 1.02 bits per heavy atom. The number of ether oxygens (including phenoxy) is 1. The standard InChI is InChI=1S/C34H48FN7O6/c1-5-25-30(40-48-39-25)33(45)38-29(22-10-8-20(2)9-11-22)32(44)36-26-13-12-23(19-24(26)35)21(3)28(37-31(43)27-7-6-18-47-27)34(46)42-16-14-41(4)15-17-42/h12-13,19-22,27-29H,5-11,14-18H2,1-4H3,(H,36,44)(H,37,43)(H,38,45)/t20-,21-,22-,27-,28+,29-/m0/s1. The van der Waals surface area contributed by atoms with Crippen LogP contribution in [0.2, 0.25) is 0 Å². The van der Waals surface area contributed by atoms with Crippen LogP contribution in [0.5, 0.6) is 0 Å². The number of likely N-dealkylation sites (N-methyl/N-ethyl adjacent to an activating group) is 1. The second kappa shape index (κ2) is 16.0. The van der Waals surface area contributed by atoms with Crippen LogP contribution in [0.15, 0.2) is 22.8 Å². The number of aryl methyl sites for hydroxylation is 1. The number of amides is 4. The van der Waals surface area contributed by atoms with E-state index in [0.717, 1.165) is 32.1 Å². The van der Waals surface area contributed by atoms with E-state index < -0.39 is 41.7 Å². The summed E-state index contributed by atoms with van der Waals surface area (Å²) in [5.41, 5.74) is 0.844. The number of nitrogens with zero attached hydrogens (tertiary/aromatic N) is 4. The van der Waals surface area contributed by atoms with Crippen LogP contribution in [0.4, 0.5) is 10.1 Å². The number of carbonyl (C=O) groups excluding carboxylic acids is 4. The Balaban J connectivity index is 1.33. The summed E-state index contributed by atoms with van der Waals surface area (Å²) >= 11 is 0. The highest BCUT2D eigenvalue weighted by Crippen LogP contribution is 2.32. The number of rotatable bonds is 11. The normalized spacial score (nSPS) is 23.6. The maximum Gasteiger partial charge on any atom is 0.276 e. The van der Waals surface area contributed by atoms with E-state index in [1.54, 1.807) is 17.9 Å². The minimum atomic E-state index is -0.933. The summed E-state index contributed by atoms with van der Waals surface area (Å²) in [7, 11) is 1.99. The molecule has 3 fully saturated rings. The fraction of sp³-hybridized carbons (Fsp3) is 0.647. The molecule has 13 nitrogen and oxygen atoms in total. The van der Waals surface area contributed by atoms with Gasteiger partial charge < -0.3 is 30.5 Å². The van der Waals surface area contributed by atoms with Crippen molar-refractivity contribution in [2.45, 2.75) is 89.8 Å². The molecule has 3 heterocycles. The molecule has 0 spiro atoms. The molecule has 5 rings (SSSR count). The highest BCUT2D eigenvalue weighted by atomic mass is 19.1. The minimum Gasteiger partial charge on any atom is -0.368 e. The molecule has 2 aliphatic heterocycles. The summed E-state index contributed by atoms with van der Waals surface area (Å²) in [6.07, 6.45) is 4.44. The molecule has 48 heavy (non-hydrogen) atoms. The Bertz CT molecular complexity index is 1450. The van der Waals surface area contributed by atoms with Gasteiger partial charge in [0.05, 0.1) is 5.69 Å². The highest BCUT2D eigenvalue weighted by molar-refractivity contribution is 6.01. The Morgan fingerprint density at radius 2 is 1.75 bits per heavy atom. The van der Waals surface area contributed by atoms with Crippen LogP contribution in [-0.2, 0) is 25.5 Å². The van der Waals surface area contributed by atoms with Crippen molar-refractivity contribution in [3.8, 4) is 0 Å². The van der Waals surface area contributed by atoms with Crippen LogP contribution in [0, 0.1) is 17.7 Å². The van der Waals surface area contributed by atoms with Gasteiger partial charge in [0.25, 0.3) is 5.91 Å². The number of hydrogen-bond donors (Lipinski definition) is 3. The molecule has 0 bridgehead atoms. The Labute approximate surface area is 280 Å². The zero-order valence-corrected chi connectivity index (χ0v) is 28.3. The third kappa shape index (κ3) is 8.38. The molecule has 3 aliphatic rings. The van der Waals surface area contributed by atoms with Crippen molar-refractivity contribution >= 4 is 29.3 Å². The number of hydrogen-bond acceptors (Lipinski definition) is 9. The Morgan fingerprint density at radius 3 is 2.40 bits per heavy atom. The minimum absolute atomic E-state index is 0.0243. The fourth-order valence-electron chi connectivity index (χ4n) is 6.81. The first kappa shape index (κ1) is 35.4. The summed E-state index contributed by atoms with van der Waals surface area (Å²) in [5, 5.41) is 15.9. The van der Waals surface area contributed by atoms with E-state index in [2.05, 4.69) is 38.1 Å². The molecule has 4 atom stereocenters. The summed E-state index contributed by atoms with van der Waals surface area (Å²) in [6, 6.07) is 2.53. The number of halogens is 1. The van der Waals surface area contributed by atoms with Crippen LogP contribution in [0.3, 0.4) is 0 Å². The van der Waals surface area contributed by atoms with Gasteiger partial charge >= 0.3 is 0 Å². The van der Waals surface area contributed by atoms with Gasteiger partial charge in [-0.25, -0.2) is 9.02 Å². The van der Waals surface area contributed by atoms with E-state index in [-0.39, 0.29) is 29.1 Å². The lowest BCUT2D eigenvalue weighted by Gasteiger charge is -2.36. The molecule has 1 saturated carbocycles. The first-order valence-electron chi connectivity index (χ1n) is 17.2. The van der Waals surface area contributed by atoms with Gasteiger partial charge in [-0.15, -0.1) is 0 Å². The van der Waals surface area contributed by atoms with Gasteiger partial charge in [-0.1, -0.05) is 44.8 Å². The molecule has 1 aliphatic carbocycles. The molecule has 262 valence electrons. The molecular weight excluding hydrogens is 621 g/mol. The first-order valence-corrected chi connectivity index (χ1v) is 17.2. The number of aromatic nitrogens is 2. The average molecular weight is 670 g/mol. The van der Waals surface area contributed by atoms with Gasteiger partial charge in [-0.2, -0.15) is 0 Å². The fourth-order valence-corrected chi connectivity index (χ4v) is 6.81. The van der Waals surface area contributed by atoms with Gasteiger partial charge in [0.1, 0.15) is 29.7 Å². The monoisotopic (exact) mass is 669 g/mol. The summed E-state index contributed by atoms with van der Waals surface area (Å²) in [5.74, 6) is -2.60. The first-order chi connectivity index (χ1) is 23.0. The SMILES string of the molecule is CCc1nonc1C(=O)N[C@H](C(=O)Nc1ccc([C@H](C)[C@@H](NC(=O)[C@@H]2CCCO2)C(=O)N2CCN(C)CC2)cc1F)[C@H]1CC[C@H](C)CC1. The molecule has 14 heteroatoms. The zero-order valence-electron chi connectivity index (χ0n) is 28.3. The largest absolute Gasteiger partial charge is 0.368 e. The molecule has 4 amide bonds. The van der Waals surface area contributed by atoms with Crippen LogP contribution >= 0.6 is 0 Å². The van der Waals surface area contributed by atoms with Gasteiger partial charge in [-0.05, 0) is 73.8 Å². The summed E-state index contributed by atoms with van der Waals surface area (Å²) < 4.78 is 26.0. The Hall–Kier alpha value is -3.91. The van der Waals surface area contributed by atoms with Gasteiger partial charge in [0.2, 0.25) is 17.7 Å².